The summed E-state index contributed by atoms with van der Waals surface area (Å²) in [5.41, 5.74) is 3.78. The average Bonchev–Trinajstić information content (AvgIpc) is 3.01. The predicted octanol–water partition coefficient (Wildman–Crippen LogP) is 1.27. The molecule has 7 nitrogen and oxygen atoms in total. The zero-order valence-corrected chi connectivity index (χ0v) is 14.4. The highest BCUT2D eigenvalue weighted by atomic mass is 16.5. The Balaban J connectivity index is 1.67. The van der Waals surface area contributed by atoms with Crippen molar-refractivity contribution < 1.29 is 14.6 Å². The molecule has 4 N–H and O–H groups in total. The molecule has 0 atom stereocenters. The number of methoxy groups -OCH3 is 1. The lowest BCUT2D eigenvalue weighted by Gasteiger charge is -2.44. The van der Waals surface area contributed by atoms with Crippen molar-refractivity contribution in [1.82, 2.24) is 20.5 Å². The normalized spacial score (nSPS) is 19.0. The van der Waals surface area contributed by atoms with Crippen LogP contribution in [0.15, 0.2) is 18.2 Å². The number of nitrogens with zero attached hydrogens (tertiary/aromatic N) is 1. The summed E-state index contributed by atoms with van der Waals surface area (Å²) in [5, 5.41) is 16.2. The van der Waals surface area contributed by atoms with Crippen LogP contribution in [0.5, 0.6) is 5.75 Å². The van der Waals surface area contributed by atoms with Crippen molar-refractivity contribution in [3.63, 3.8) is 0 Å². The molecule has 3 heterocycles. The highest BCUT2D eigenvalue weighted by Gasteiger charge is 2.42. The third-order valence-corrected chi connectivity index (χ3v) is 5.62. The molecule has 0 radical (unpaired) electrons. The first-order valence-corrected chi connectivity index (χ1v) is 8.70. The van der Waals surface area contributed by atoms with E-state index < -0.39 is 0 Å². The van der Waals surface area contributed by atoms with Gasteiger partial charge in [-0.05, 0) is 30.5 Å². The van der Waals surface area contributed by atoms with Gasteiger partial charge in [0.1, 0.15) is 12.5 Å². The second kappa shape index (κ2) is 6.24. The van der Waals surface area contributed by atoms with Crippen molar-refractivity contribution in [2.24, 2.45) is 0 Å². The van der Waals surface area contributed by atoms with Gasteiger partial charge in [0, 0.05) is 54.3 Å². The number of likely N-dealkylation sites (tertiary alicyclic amines) is 1. The maximum Gasteiger partial charge on any atom is 0.319 e. The number of aliphatic hydroxyl groups excluding tert-OH is 1. The van der Waals surface area contributed by atoms with Crippen molar-refractivity contribution in [3.05, 3.63) is 29.5 Å². The van der Waals surface area contributed by atoms with Crippen molar-refractivity contribution >= 4 is 16.9 Å². The molecule has 7 heteroatoms. The lowest BCUT2D eigenvalue weighted by atomic mass is 9.70. The van der Waals surface area contributed by atoms with Crippen LogP contribution in [0, 0.1) is 0 Å². The maximum absolute atomic E-state index is 12.0. The third-order valence-electron chi connectivity index (χ3n) is 5.62. The van der Waals surface area contributed by atoms with Crippen LogP contribution in [0.3, 0.4) is 0 Å². The first-order chi connectivity index (χ1) is 12.2. The zero-order valence-electron chi connectivity index (χ0n) is 14.4. The number of carbonyl (C=O) groups excluding carboxylic acids is 1. The molecule has 4 rings (SSSR count). The van der Waals surface area contributed by atoms with E-state index in [2.05, 4.69) is 21.7 Å². The predicted molar refractivity (Wildman–Crippen MR) is 94.7 cm³/mol. The van der Waals surface area contributed by atoms with Gasteiger partial charge in [-0.3, -0.25) is 0 Å². The summed E-state index contributed by atoms with van der Waals surface area (Å²) in [7, 11) is 1.68. The van der Waals surface area contributed by atoms with Gasteiger partial charge in [0.05, 0.1) is 7.11 Å². The highest BCUT2D eigenvalue weighted by molar-refractivity contribution is 5.87. The number of rotatable bonds is 2. The van der Waals surface area contributed by atoms with Gasteiger partial charge in [0.2, 0.25) is 0 Å². The topological polar surface area (TPSA) is 89.6 Å². The minimum Gasteiger partial charge on any atom is -0.497 e. The summed E-state index contributed by atoms with van der Waals surface area (Å²) in [6.45, 7) is 2.82. The first-order valence-electron chi connectivity index (χ1n) is 8.70. The molecule has 0 aliphatic carbocycles. The zero-order chi connectivity index (χ0) is 17.4. The van der Waals surface area contributed by atoms with Gasteiger partial charge in [-0.2, -0.15) is 0 Å². The summed E-state index contributed by atoms with van der Waals surface area (Å²) in [6.07, 6.45) is 1.82. The van der Waals surface area contributed by atoms with Crippen LogP contribution in [0.4, 0.5) is 4.79 Å². The number of carbonyl (C=O) groups is 1. The van der Waals surface area contributed by atoms with E-state index in [0.717, 1.165) is 37.2 Å². The average molecular weight is 344 g/mol. The van der Waals surface area contributed by atoms with Crippen LogP contribution < -0.4 is 15.4 Å². The van der Waals surface area contributed by atoms with Crippen LogP contribution >= 0.6 is 0 Å². The smallest absolute Gasteiger partial charge is 0.319 e. The van der Waals surface area contributed by atoms with E-state index in [-0.39, 0.29) is 18.2 Å². The quantitative estimate of drug-likeness (QED) is 0.618. The van der Waals surface area contributed by atoms with E-state index in [1.54, 1.807) is 12.0 Å². The van der Waals surface area contributed by atoms with E-state index in [9.17, 15) is 4.79 Å². The Hall–Kier alpha value is -2.25. The number of nitrogens with one attached hydrogen (secondary N) is 3. The van der Waals surface area contributed by atoms with Gasteiger partial charge in [-0.15, -0.1) is 0 Å². The van der Waals surface area contributed by atoms with E-state index in [4.69, 9.17) is 9.84 Å². The summed E-state index contributed by atoms with van der Waals surface area (Å²) in [4.78, 5) is 17.3. The molecule has 134 valence electrons. The van der Waals surface area contributed by atoms with Gasteiger partial charge < -0.3 is 30.4 Å². The van der Waals surface area contributed by atoms with Crippen molar-refractivity contribution in [3.8, 4) is 5.75 Å². The van der Waals surface area contributed by atoms with Crippen LogP contribution in [-0.2, 0) is 12.0 Å². The van der Waals surface area contributed by atoms with Gasteiger partial charge in [0.25, 0.3) is 0 Å². The molecule has 2 amide bonds. The van der Waals surface area contributed by atoms with Crippen molar-refractivity contribution in [2.45, 2.75) is 24.8 Å². The monoisotopic (exact) mass is 344 g/mol. The fourth-order valence-corrected chi connectivity index (χ4v) is 4.36. The molecule has 1 aromatic heterocycles. The molecule has 1 spiro atoms. The molecule has 1 aromatic carbocycles. The highest BCUT2D eigenvalue weighted by Crippen LogP contribution is 2.43. The molecule has 1 fully saturated rings. The van der Waals surface area contributed by atoms with Gasteiger partial charge >= 0.3 is 6.03 Å². The maximum atomic E-state index is 12.0. The fourth-order valence-electron chi connectivity index (χ4n) is 4.36. The van der Waals surface area contributed by atoms with E-state index in [0.29, 0.717) is 13.1 Å². The van der Waals surface area contributed by atoms with E-state index in [1.165, 1.54) is 16.6 Å². The Labute approximate surface area is 146 Å². The van der Waals surface area contributed by atoms with Crippen molar-refractivity contribution in [1.29, 1.82) is 0 Å². The number of fused-ring (bicyclic) bond motifs is 4. The minimum absolute atomic E-state index is 0.0381. The number of hydrogen-bond acceptors (Lipinski definition) is 4. The molecule has 2 aromatic rings. The SMILES string of the molecule is COc1ccc2c3c([nH]c2c1)CNCC31CCN(C(=O)NCO)CC1. The molecule has 0 unspecified atom stereocenters. The van der Waals surface area contributed by atoms with Crippen LogP contribution in [-0.4, -0.2) is 54.5 Å². The number of ether oxygens (including phenoxy) is 1. The molecular weight excluding hydrogens is 320 g/mol. The van der Waals surface area contributed by atoms with E-state index in [1.807, 2.05) is 12.1 Å². The minimum atomic E-state index is -0.323. The number of benzene rings is 1. The number of aromatic amines is 1. The second-order valence-corrected chi connectivity index (χ2v) is 6.90. The number of aliphatic hydroxyl groups is 1. The summed E-state index contributed by atoms with van der Waals surface area (Å²) < 4.78 is 5.35. The molecule has 2 aliphatic heterocycles. The number of hydrogen-bond donors (Lipinski definition) is 4. The molecule has 0 saturated carbocycles. The van der Waals surface area contributed by atoms with Gasteiger partial charge in [-0.25, -0.2) is 4.79 Å². The van der Waals surface area contributed by atoms with Crippen LogP contribution in [0.2, 0.25) is 0 Å². The first kappa shape index (κ1) is 16.2. The fraction of sp³-hybridized carbons (Fsp3) is 0.500. The molecule has 1 saturated heterocycles. The lowest BCUT2D eigenvalue weighted by Crippen LogP contribution is -2.53. The van der Waals surface area contributed by atoms with Crippen molar-refractivity contribution in [2.75, 3.05) is 33.5 Å². The number of H-pyrrole nitrogens is 1. The Kier molecular flexibility index (Phi) is 4.05. The summed E-state index contributed by atoms with van der Waals surface area (Å²) in [5.74, 6) is 0.851. The molecule has 0 bridgehead atoms. The summed E-state index contributed by atoms with van der Waals surface area (Å²) in [6, 6.07) is 6.01. The molecule has 25 heavy (non-hydrogen) atoms. The Morgan fingerprint density at radius 2 is 2.20 bits per heavy atom. The largest absolute Gasteiger partial charge is 0.497 e. The van der Waals surface area contributed by atoms with Crippen LogP contribution in [0.25, 0.3) is 10.9 Å². The van der Waals surface area contributed by atoms with Crippen LogP contribution in [0.1, 0.15) is 24.1 Å². The number of amides is 2. The second-order valence-electron chi connectivity index (χ2n) is 6.90. The Morgan fingerprint density at radius 1 is 1.40 bits per heavy atom. The summed E-state index contributed by atoms with van der Waals surface area (Å²) >= 11 is 0. The molecular formula is C18H24N4O3. The third kappa shape index (κ3) is 2.63. The standard InChI is InChI=1S/C18H24N4O3/c1-25-12-2-3-13-14(8-12)21-15-9-19-10-18(16(13)15)4-6-22(7-5-18)17(24)20-11-23/h2-3,8,19,21,23H,4-7,9-11H2,1H3,(H,20,24). The van der Waals surface area contributed by atoms with E-state index >= 15 is 0 Å². The van der Waals surface area contributed by atoms with Gasteiger partial charge in [0.15, 0.2) is 0 Å². The lowest BCUT2D eigenvalue weighted by molar-refractivity contribution is 0.143. The number of piperidine rings is 1. The number of urea groups is 1. The number of aromatic nitrogens is 1. The van der Waals surface area contributed by atoms with Gasteiger partial charge in [-0.1, -0.05) is 0 Å². The Bertz CT molecular complexity index is 793. The Morgan fingerprint density at radius 3 is 2.92 bits per heavy atom. The molecule has 2 aliphatic rings.